The number of esters is 7. The van der Waals surface area contributed by atoms with E-state index in [0.29, 0.717) is 11.3 Å². The fraction of sp³-hybridized carbons (Fsp3) is 0.500. The van der Waals surface area contributed by atoms with Gasteiger partial charge in [0.2, 0.25) is 0 Å². The number of rotatable bonds is 27. The number of carbonyl (C=O) groups is 12. The van der Waals surface area contributed by atoms with Crippen LogP contribution in [0.25, 0.3) is 0 Å². The summed E-state index contributed by atoms with van der Waals surface area (Å²) >= 11 is 0. The monoisotopic (exact) mass is 1760 g/mol. The molecule has 4 aromatic carbocycles. The molecule has 1 amide bonds. The maximum absolute atomic E-state index is 14.0. The molecule has 24 nitrogen and oxygen atoms in total. The Morgan fingerprint density at radius 2 is 0.672 bits per heavy atom. The lowest BCUT2D eigenvalue weighted by Crippen LogP contribution is -2.58. The Bertz CT molecular complexity index is 4740. The number of benzene rings is 4. The number of aliphatic hydroxyl groups excluding tert-OH is 1. The highest BCUT2D eigenvalue weighted by Gasteiger charge is 2.63. The van der Waals surface area contributed by atoms with Crippen molar-refractivity contribution in [1.82, 2.24) is 0 Å². The van der Waals surface area contributed by atoms with Crippen LogP contribution in [0.4, 0.5) is 17.1 Å². The Labute approximate surface area is 754 Å². The fourth-order valence-electron chi connectivity index (χ4n) is 18.5. The fourth-order valence-corrected chi connectivity index (χ4v) is 18.5. The van der Waals surface area contributed by atoms with Crippen molar-refractivity contribution < 1.29 is 101 Å². The summed E-state index contributed by atoms with van der Waals surface area (Å²) in [5, 5.41) is 16.9. The molecule has 8 aliphatic rings. The molecule has 0 bridgehead atoms. The largest absolute Gasteiger partial charge is 0.460 e. The number of aliphatic hydroxyl groups is 1. The number of nitrogens with one attached hydrogen (secondary N) is 2. The maximum atomic E-state index is 14.0. The van der Waals surface area contributed by atoms with Gasteiger partial charge in [-0.05, 0) is 214 Å². The summed E-state index contributed by atoms with van der Waals surface area (Å²) in [6.07, 6.45) is 18.4. The number of anilines is 3. The molecular formula is C104H131N3O21. The van der Waals surface area contributed by atoms with Gasteiger partial charge in [0.1, 0.15) is 65.9 Å². The zero-order valence-corrected chi connectivity index (χ0v) is 77.3. The lowest BCUT2D eigenvalue weighted by molar-refractivity contribution is -0.157. The van der Waals surface area contributed by atoms with Crippen molar-refractivity contribution in [2.45, 2.75) is 305 Å². The zero-order valence-electron chi connectivity index (χ0n) is 77.3. The number of hydrogen-bond donors (Lipinski definition) is 3. The summed E-state index contributed by atoms with van der Waals surface area (Å²) in [6.45, 7) is 28.4. The number of carbonyl (C=O) groups excluding carboxylic acids is 12. The van der Waals surface area contributed by atoms with Crippen molar-refractivity contribution in [1.29, 1.82) is 0 Å². The molecule has 4 saturated carbocycles. The first-order chi connectivity index (χ1) is 60.8. The van der Waals surface area contributed by atoms with Gasteiger partial charge in [-0.3, -0.25) is 57.5 Å². The number of hydrogen-bond acceptors (Lipinski definition) is 23. The number of ketones is 4. The van der Waals surface area contributed by atoms with Gasteiger partial charge in [-0.25, -0.2) is 0 Å². The van der Waals surface area contributed by atoms with Gasteiger partial charge in [0.05, 0.1) is 77.7 Å². The molecule has 4 aromatic rings. The summed E-state index contributed by atoms with van der Waals surface area (Å²) in [5.74, 6) is -3.51. The molecule has 16 atom stereocenters. The van der Waals surface area contributed by atoms with Gasteiger partial charge >= 0.3 is 41.8 Å². The van der Waals surface area contributed by atoms with E-state index in [1.165, 1.54) is 50.2 Å². The Hall–Kier alpha value is -11.2. The predicted octanol–water partition coefficient (Wildman–Crippen LogP) is 18.2. The Balaban J connectivity index is 0.000000195. The van der Waals surface area contributed by atoms with E-state index in [0.717, 1.165) is 85.0 Å². The van der Waals surface area contributed by atoms with Crippen molar-refractivity contribution in [2.24, 2.45) is 21.7 Å². The second-order valence-electron chi connectivity index (χ2n) is 36.6. The van der Waals surface area contributed by atoms with Gasteiger partial charge in [-0.2, -0.15) is 0 Å². The molecule has 4 heterocycles. The summed E-state index contributed by atoms with van der Waals surface area (Å²) in [5.41, 5.74) is 7.89. The number of amides is 1. The molecule has 688 valence electrons. The van der Waals surface area contributed by atoms with E-state index in [1.807, 2.05) is 151 Å². The molecule has 4 saturated heterocycles. The molecule has 0 radical (unpaired) electrons. The van der Waals surface area contributed by atoms with E-state index in [9.17, 15) is 62.6 Å². The van der Waals surface area contributed by atoms with Crippen molar-refractivity contribution in [2.75, 3.05) is 22.6 Å². The normalized spacial score (nSPS) is 27.8. The molecule has 0 aromatic heterocycles. The first-order valence-corrected chi connectivity index (χ1v) is 44.7. The standard InChI is InChI=1S/C33H37NO6.2C26H33NO5.C19H28O5/c1-22(2)12-11-13-23(3)18-30-33(21-31(37)40-30)20-28(39-24(4)35)27(19-29(33)36)34(26-16-9-6-10-17-26)32(38)25-14-7-5-8-15-25;2*1-17(2)9-8-10-18(3)13-24-26(16-25(30)32-24)15-22(31-19(4)28)21(14-23(26)29)27-20-11-6-5-7-12-20;1-12(2)6-5-7-13(3)8-17-19(11-18(22)24-17)10-14(20)15(23-4)9-16(19)21/h5-10,12,14-18,27-28,30H,11,13,19-21H2,1-4H3;2*5-7,9,11-13,21-22,24,27H,8,10,14-16H2,1-4H3;6,8,14-15,17,20H,5,7,9-11H2,1-4H3/b23-18+;2*18-13+;13-8+/t27-,28+,30-,33?;21-,22+,24-,26?;21-,22-,24+,26?;14-,15+,17+,19?/m1100/s1. The maximum Gasteiger partial charge on any atom is 0.307 e. The first-order valence-electron chi connectivity index (χ1n) is 44.7. The lowest BCUT2D eigenvalue weighted by atomic mass is 9.65. The highest BCUT2D eigenvalue weighted by Crippen LogP contribution is 2.53. The molecule has 3 N–H and O–H groups in total. The van der Waals surface area contributed by atoms with Crippen LogP contribution >= 0.6 is 0 Å². The third kappa shape index (κ3) is 26.9. The number of nitrogens with zero attached hydrogens (tertiary/aromatic N) is 1. The van der Waals surface area contributed by atoms with Crippen LogP contribution in [0.15, 0.2) is 215 Å². The van der Waals surface area contributed by atoms with Gasteiger partial charge in [-0.1, -0.05) is 142 Å². The van der Waals surface area contributed by atoms with E-state index in [1.54, 1.807) is 41.3 Å². The van der Waals surface area contributed by atoms with Crippen LogP contribution < -0.4 is 15.5 Å². The Morgan fingerprint density at radius 1 is 0.383 bits per heavy atom. The van der Waals surface area contributed by atoms with Gasteiger partial charge in [0.25, 0.3) is 5.91 Å². The van der Waals surface area contributed by atoms with Crippen LogP contribution in [-0.4, -0.2) is 156 Å². The third-order valence-electron chi connectivity index (χ3n) is 25.1. The highest BCUT2D eigenvalue weighted by atomic mass is 16.6. The van der Waals surface area contributed by atoms with Crippen molar-refractivity contribution in [3.8, 4) is 0 Å². The second kappa shape index (κ2) is 46.1. The van der Waals surface area contributed by atoms with Gasteiger partial charge < -0.3 is 58.5 Å². The van der Waals surface area contributed by atoms with Crippen LogP contribution in [0.5, 0.6) is 0 Å². The SMILES string of the molecule is CC(=O)O[C@H]1CC2(CC(=O)O[C@@H]2/C=C(\C)CCC=C(C)C)C(=O)C[C@@H]1Nc1ccccc1.CC(=O)O[C@H]1CC2(CC(=O)O[C@@H]2/C=C(\C)CCC=C(C)C)C(=O)C[C@H]1N(C(=O)c1ccccc1)c1ccccc1.CC(=O)O[C@H]1CC2(CC(=O)O[C@@H]2/C=C(\C)CCC=C(C)C)C(=O)C[C@H]1Nc1ccccc1.CO[C@@H]1CC(=O)C2(CC(=O)O[C@@H]2/C=C(\C)CCC=C(C)C)C[C@@H]1O. The summed E-state index contributed by atoms with van der Waals surface area (Å²) in [4.78, 5) is 154. The van der Waals surface area contributed by atoms with Crippen molar-refractivity contribution >= 4 is 87.9 Å². The van der Waals surface area contributed by atoms with Crippen molar-refractivity contribution in [3.63, 3.8) is 0 Å². The van der Waals surface area contributed by atoms with E-state index in [2.05, 4.69) is 76.5 Å². The van der Waals surface area contributed by atoms with Crippen LogP contribution in [-0.2, 0) is 90.6 Å². The van der Waals surface area contributed by atoms with Crippen LogP contribution in [0.3, 0.4) is 0 Å². The molecular weight excluding hydrogens is 1630 g/mol. The highest BCUT2D eigenvalue weighted by molar-refractivity contribution is 6.08. The molecule has 4 aliphatic heterocycles. The minimum atomic E-state index is -1.16. The number of methoxy groups -OCH3 is 1. The smallest absolute Gasteiger partial charge is 0.307 e. The predicted molar refractivity (Wildman–Crippen MR) is 489 cm³/mol. The minimum Gasteiger partial charge on any atom is -0.460 e. The van der Waals surface area contributed by atoms with E-state index in [-0.39, 0.29) is 136 Å². The molecule has 4 spiro atoms. The molecule has 24 heteroatoms. The summed E-state index contributed by atoms with van der Waals surface area (Å²) in [7, 11) is 1.49. The van der Waals surface area contributed by atoms with Crippen LogP contribution in [0.1, 0.15) is 243 Å². The minimum absolute atomic E-state index is 0.0179. The van der Waals surface area contributed by atoms with Gasteiger partial charge in [0.15, 0.2) is 0 Å². The average Bonchev–Trinajstić information content (AvgIpc) is 1.62. The zero-order chi connectivity index (χ0) is 93.4. The molecule has 128 heavy (non-hydrogen) atoms. The second-order valence-corrected chi connectivity index (χ2v) is 36.6. The topological polar surface area (TPSA) is 326 Å². The number of cyclic esters (lactones) is 4. The van der Waals surface area contributed by atoms with Crippen LogP contribution in [0.2, 0.25) is 0 Å². The first kappa shape index (κ1) is 101. The van der Waals surface area contributed by atoms with E-state index >= 15 is 0 Å². The molecule has 12 rings (SSSR count). The van der Waals surface area contributed by atoms with E-state index < -0.39 is 107 Å². The van der Waals surface area contributed by atoms with Crippen LogP contribution in [0, 0.1) is 21.7 Å². The molecule has 4 unspecified atom stereocenters. The number of Topliss-reactive ketones (excluding diaryl/α,β-unsaturated/α-hetero) is 4. The third-order valence-corrected chi connectivity index (χ3v) is 25.1. The number of allylic oxidation sites excluding steroid dienone is 12. The van der Waals surface area contributed by atoms with E-state index in [4.69, 9.17) is 37.9 Å². The molecule has 8 fully saturated rings. The summed E-state index contributed by atoms with van der Waals surface area (Å²) in [6, 6.07) is 35.4. The average molecular weight is 1760 g/mol. The molecule has 4 aliphatic carbocycles. The summed E-state index contributed by atoms with van der Waals surface area (Å²) < 4.78 is 44.7. The number of ether oxygens (including phenoxy) is 8. The van der Waals surface area contributed by atoms with Gasteiger partial charge in [0, 0.05) is 95.5 Å². The number of para-hydroxylation sites is 3. The quantitative estimate of drug-likeness (QED) is 0.0284. The lowest BCUT2D eigenvalue weighted by Gasteiger charge is -2.45. The Kier molecular flexibility index (Phi) is 36.2. The van der Waals surface area contributed by atoms with Gasteiger partial charge in [-0.15, -0.1) is 0 Å². The Morgan fingerprint density at radius 3 is 0.992 bits per heavy atom. The van der Waals surface area contributed by atoms with Crippen molar-refractivity contribution in [3.05, 3.63) is 220 Å².